The number of guanidine groups is 1. The molecule has 3 nitrogen and oxygen atoms in total. The first-order valence-electron chi connectivity index (χ1n) is 6.45. The zero-order valence-corrected chi connectivity index (χ0v) is 14.4. The van der Waals surface area contributed by atoms with Gasteiger partial charge in [-0.2, -0.15) is 0 Å². The average molecular weight is 401 g/mol. The van der Waals surface area contributed by atoms with Crippen LogP contribution < -0.4 is 11.1 Å². The van der Waals surface area contributed by atoms with E-state index in [4.69, 9.17) is 5.73 Å². The molecule has 0 radical (unpaired) electrons. The lowest BCUT2D eigenvalue weighted by molar-refractivity contribution is 0.845. The molecule has 0 spiro atoms. The van der Waals surface area contributed by atoms with E-state index in [1.807, 2.05) is 18.2 Å². The molecule has 3 N–H and O–H groups in total. The van der Waals surface area contributed by atoms with Crippen molar-refractivity contribution in [1.29, 1.82) is 0 Å². The maximum atomic E-state index is 5.82. The summed E-state index contributed by atoms with van der Waals surface area (Å²) in [5.74, 6) is 0.535. The van der Waals surface area contributed by atoms with Crippen LogP contribution in [0, 0.1) is 0 Å². The van der Waals surface area contributed by atoms with Crippen molar-refractivity contribution in [2.75, 3.05) is 13.1 Å². The third kappa shape index (κ3) is 6.38. The summed E-state index contributed by atoms with van der Waals surface area (Å²) in [5.41, 5.74) is 7.13. The van der Waals surface area contributed by atoms with Gasteiger partial charge < -0.3 is 11.1 Å². The maximum absolute atomic E-state index is 5.82. The first-order chi connectivity index (χ1) is 9.34. The smallest absolute Gasteiger partial charge is 0.188 e. The number of hydrogen-bond acceptors (Lipinski definition) is 2. The second-order valence-corrected chi connectivity index (χ2v) is 5.29. The molecule has 1 aromatic carbocycles. The van der Waals surface area contributed by atoms with Gasteiger partial charge in [0.2, 0.25) is 0 Å². The lowest BCUT2D eigenvalue weighted by Crippen LogP contribution is -2.33. The van der Waals surface area contributed by atoms with Gasteiger partial charge in [0.15, 0.2) is 5.96 Å². The van der Waals surface area contributed by atoms with Gasteiger partial charge in [-0.25, -0.2) is 0 Å². The molecule has 108 valence electrons. The first kappa shape index (κ1) is 17.0. The Balaban J connectivity index is 0.00000200. The third-order valence-electron chi connectivity index (χ3n) is 2.78. The summed E-state index contributed by atoms with van der Waals surface area (Å²) in [7, 11) is 0. The van der Waals surface area contributed by atoms with Crippen LogP contribution in [0.2, 0.25) is 0 Å². The molecular formula is C15H20IN3S. The molecule has 1 heterocycles. The van der Waals surface area contributed by atoms with Crippen LogP contribution in [0.4, 0.5) is 0 Å². The highest BCUT2D eigenvalue weighted by Crippen LogP contribution is 2.08. The quantitative estimate of drug-likeness (QED) is 0.444. The normalized spacial score (nSPS) is 10.9. The topological polar surface area (TPSA) is 50.4 Å². The van der Waals surface area contributed by atoms with E-state index < -0.39 is 0 Å². The minimum Gasteiger partial charge on any atom is -0.370 e. The van der Waals surface area contributed by atoms with E-state index in [2.05, 4.69) is 40.0 Å². The summed E-state index contributed by atoms with van der Waals surface area (Å²) >= 11 is 1.76. The summed E-state index contributed by atoms with van der Waals surface area (Å²) in [6.45, 7) is 1.56. The van der Waals surface area contributed by atoms with E-state index in [1.165, 1.54) is 10.4 Å². The Hall–Kier alpha value is -1.08. The van der Waals surface area contributed by atoms with E-state index in [0.29, 0.717) is 5.96 Å². The van der Waals surface area contributed by atoms with E-state index in [0.717, 1.165) is 25.9 Å². The number of nitrogens with one attached hydrogen (secondary N) is 1. The minimum absolute atomic E-state index is 0. The highest BCUT2D eigenvalue weighted by molar-refractivity contribution is 14.0. The average Bonchev–Trinajstić information content (AvgIpc) is 2.93. The minimum atomic E-state index is 0. The summed E-state index contributed by atoms with van der Waals surface area (Å²) in [4.78, 5) is 5.67. The molecule has 0 atom stereocenters. The Morgan fingerprint density at radius 3 is 2.60 bits per heavy atom. The van der Waals surface area contributed by atoms with Crippen molar-refractivity contribution in [2.24, 2.45) is 10.7 Å². The summed E-state index contributed by atoms with van der Waals surface area (Å²) < 4.78 is 0. The molecular weight excluding hydrogens is 381 g/mol. The molecule has 0 aliphatic carbocycles. The molecule has 0 fully saturated rings. The van der Waals surface area contributed by atoms with Crippen molar-refractivity contribution in [3.05, 3.63) is 58.3 Å². The van der Waals surface area contributed by atoms with Gasteiger partial charge in [-0.3, -0.25) is 4.99 Å². The molecule has 0 saturated heterocycles. The molecule has 20 heavy (non-hydrogen) atoms. The second-order valence-electron chi connectivity index (χ2n) is 4.26. The number of hydrogen-bond donors (Lipinski definition) is 2. The van der Waals surface area contributed by atoms with Gasteiger partial charge in [0.1, 0.15) is 0 Å². The Morgan fingerprint density at radius 2 is 1.90 bits per heavy atom. The summed E-state index contributed by atoms with van der Waals surface area (Å²) in [5, 5.41) is 5.23. The van der Waals surface area contributed by atoms with Crippen molar-refractivity contribution in [2.45, 2.75) is 12.8 Å². The van der Waals surface area contributed by atoms with E-state index in [9.17, 15) is 0 Å². The Labute approximate surface area is 141 Å². The van der Waals surface area contributed by atoms with Gasteiger partial charge >= 0.3 is 0 Å². The fourth-order valence-electron chi connectivity index (χ4n) is 1.78. The number of rotatable bonds is 6. The van der Waals surface area contributed by atoms with E-state index in [1.54, 1.807) is 11.3 Å². The standard InChI is InChI=1S/C15H19N3S.HI/c16-15(18-11-9-14-7-4-12-19-14)17-10-8-13-5-2-1-3-6-13;/h1-7,12H,8-11H2,(H3,16,17,18);1H. The number of nitrogens with zero attached hydrogens (tertiary/aromatic N) is 1. The van der Waals surface area contributed by atoms with E-state index in [-0.39, 0.29) is 24.0 Å². The van der Waals surface area contributed by atoms with Crippen molar-refractivity contribution >= 4 is 41.3 Å². The zero-order valence-electron chi connectivity index (χ0n) is 11.3. The number of halogens is 1. The van der Waals surface area contributed by atoms with Crippen LogP contribution in [-0.2, 0) is 12.8 Å². The SMILES string of the molecule is I.NC(=NCCc1cccs1)NCCc1ccccc1. The molecule has 0 unspecified atom stereocenters. The molecule has 0 aliphatic heterocycles. The van der Waals surface area contributed by atoms with Crippen molar-refractivity contribution in [1.82, 2.24) is 5.32 Å². The zero-order chi connectivity index (χ0) is 13.3. The highest BCUT2D eigenvalue weighted by atomic mass is 127. The van der Waals surface area contributed by atoms with Crippen LogP contribution in [0.25, 0.3) is 0 Å². The fourth-order valence-corrected chi connectivity index (χ4v) is 2.48. The number of nitrogens with two attached hydrogens (primary N) is 1. The molecule has 2 aromatic rings. The van der Waals surface area contributed by atoms with Crippen LogP contribution in [0.3, 0.4) is 0 Å². The number of thiophene rings is 1. The van der Waals surface area contributed by atoms with Crippen LogP contribution >= 0.6 is 35.3 Å². The Bertz CT molecular complexity index is 497. The van der Waals surface area contributed by atoms with Gasteiger partial charge in [0.25, 0.3) is 0 Å². The van der Waals surface area contributed by atoms with Crippen molar-refractivity contribution in [3.8, 4) is 0 Å². The van der Waals surface area contributed by atoms with Gasteiger partial charge in [0, 0.05) is 24.4 Å². The Kier molecular flexibility index (Phi) is 8.29. The predicted molar refractivity (Wildman–Crippen MR) is 98.1 cm³/mol. The van der Waals surface area contributed by atoms with Crippen LogP contribution in [0.15, 0.2) is 52.8 Å². The number of benzene rings is 1. The maximum Gasteiger partial charge on any atom is 0.188 e. The molecule has 5 heteroatoms. The van der Waals surface area contributed by atoms with Gasteiger partial charge in [-0.05, 0) is 23.4 Å². The van der Waals surface area contributed by atoms with Crippen molar-refractivity contribution < 1.29 is 0 Å². The second kappa shape index (κ2) is 9.77. The van der Waals surface area contributed by atoms with Crippen LogP contribution in [0.1, 0.15) is 10.4 Å². The lowest BCUT2D eigenvalue weighted by atomic mass is 10.1. The molecule has 2 rings (SSSR count). The monoisotopic (exact) mass is 401 g/mol. The van der Waals surface area contributed by atoms with Crippen LogP contribution in [-0.4, -0.2) is 19.0 Å². The molecule has 0 bridgehead atoms. The predicted octanol–water partition coefficient (Wildman–Crippen LogP) is 3.06. The highest BCUT2D eigenvalue weighted by Gasteiger charge is 1.95. The molecule has 0 amide bonds. The number of aliphatic imine (C=N–C) groups is 1. The first-order valence-corrected chi connectivity index (χ1v) is 7.32. The summed E-state index contributed by atoms with van der Waals surface area (Å²) in [6.07, 6.45) is 1.92. The van der Waals surface area contributed by atoms with Gasteiger partial charge in [0.05, 0.1) is 0 Å². The third-order valence-corrected chi connectivity index (χ3v) is 3.72. The molecule has 0 saturated carbocycles. The molecule has 0 aliphatic rings. The fraction of sp³-hybridized carbons (Fsp3) is 0.267. The van der Waals surface area contributed by atoms with Crippen molar-refractivity contribution in [3.63, 3.8) is 0 Å². The summed E-state index contributed by atoms with van der Waals surface area (Å²) in [6, 6.07) is 14.5. The van der Waals surface area contributed by atoms with Gasteiger partial charge in [-0.15, -0.1) is 35.3 Å². The lowest BCUT2D eigenvalue weighted by Gasteiger charge is -2.05. The molecule has 1 aromatic heterocycles. The van der Waals surface area contributed by atoms with Crippen LogP contribution in [0.5, 0.6) is 0 Å². The largest absolute Gasteiger partial charge is 0.370 e. The van der Waals surface area contributed by atoms with E-state index >= 15 is 0 Å². The Morgan fingerprint density at radius 1 is 1.10 bits per heavy atom. The van der Waals surface area contributed by atoms with Gasteiger partial charge in [-0.1, -0.05) is 36.4 Å².